The van der Waals surface area contributed by atoms with Gasteiger partial charge >= 0.3 is 0 Å². The Balaban J connectivity index is 2.05. The lowest BCUT2D eigenvalue weighted by Gasteiger charge is -2.35. The third-order valence-electron chi connectivity index (χ3n) is 3.76. The molecule has 2 N–H and O–H groups in total. The smallest absolute Gasteiger partial charge is 0.250 e. The number of rotatable bonds is 4. The lowest BCUT2D eigenvalue weighted by molar-refractivity contribution is -0.00750. The molecular weight excluding hydrogens is 362 g/mol. The van der Waals surface area contributed by atoms with Gasteiger partial charge in [-0.3, -0.25) is 0 Å². The molecule has 1 fully saturated rings. The molecule has 2 atom stereocenters. The van der Waals surface area contributed by atoms with Crippen LogP contribution in [0.5, 0.6) is 0 Å². The topological polar surface area (TPSA) is 66.4 Å². The number of sulfonamides is 1. The normalized spacial score (nSPS) is 27.7. The van der Waals surface area contributed by atoms with Crippen molar-refractivity contribution in [2.45, 2.75) is 49.3 Å². The highest BCUT2D eigenvalue weighted by atomic mass is 79.9. The summed E-state index contributed by atoms with van der Waals surface area (Å²) in [6.07, 6.45) is 3.37. The zero-order valence-electron chi connectivity index (χ0n) is 11.6. The van der Waals surface area contributed by atoms with Crippen molar-refractivity contribution in [2.24, 2.45) is 5.92 Å². The summed E-state index contributed by atoms with van der Waals surface area (Å²) in [5.41, 5.74) is -0.00533. The van der Waals surface area contributed by atoms with E-state index in [0.717, 1.165) is 22.2 Å². The average Bonchev–Trinajstić information content (AvgIpc) is 2.68. The monoisotopic (exact) mass is 381 g/mol. The van der Waals surface area contributed by atoms with E-state index in [2.05, 4.69) is 27.6 Å². The minimum atomic E-state index is -3.54. The third kappa shape index (κ3) is 3.82. The fourth-order valence-electron chi connectivity index (χ4n) is 2.66. The van der Waals surface area contributed by atoms with Crippen molar-refractivity contribution < 1.29 is 13.5 Å². The predicted octanol–water partition coefficient (Wildman–Crippen LogP) is 3.04. The van der Waals surface area contributed by atoms with E-state index in [0.29, 0.717) is 18.8 Å². The first-order valence-electron chi connectivity index (χ1n) is 6.70. The maximum atomic E-state index is 12.2. The Hall–Kier alpha value is 0.0500. The van der Waals surface area contributed by atoms with E-state index >= 15 is 0 Å². The van der Waals surface area contributed by atoms with Crippen LogP contribution in [0.3, 0.4) is 0 Å². The molecule has 2 unspecified atom stereocenters. The molecule has 2 rings (SSSR count). The van der Waals surface area contributed by atoms with E-state index < -0.39 is 15.6 Å². The SMILES string of the molecule is Cc1cc(S(=O)(=O)NCC2(O)CCCC(C)C2)sc1Br. The van der Waals surface area contributed by atoms with Crippen LogP contribution >= 0.6 is 27.3 Å². The fourth-order valence-corrected chi connectivity index (χ4v) is 6.05. The van der Waals surface area contributed by atoms with Crippen molar-refractivity contribution in [1.82, 2.24) is 4.72 Å². The highest BCUT2D eigenvalue weighted by Gasteiger charge is 2.34. The Bertz CT molecular complexity index is 565. The van der Waals surface area contributed by atoms with Crippen molar-refractivity contribution >= 4 is 37.3 Å². The van der Waals surface area contributed by atoms with Gasteiger partial charge in [0.15, 0.2) is 0 Å². The van der Waals surface area contributed by atoms with Gasteiger partial charge in [-0.2, -0.15) is 0 Å². The van der Waals surface area contributed by atoms with Gasteiger partial charge in [-0.05, 0) is 53.2 Å². The van der Waals surface area contributed by atoms with Crippen LogP contribution in [0.25, 0.3) is 0 Å². The molecule has 114 valence electrons. The summed E-state index contributed by atoms with van der Waals surface area (Å²) in [5, 5.41) is 10.5. The molecule has 0 spiro atoms. The summed E-state index contributed by atoms with van der Waals surface area (Å²) in [7, 11) is -3.54. The van der Waals surface area contributed by atoms with Crippen LogP contribution < -0.4 is 4.72 Å². The molecule has 1 aromatic rings. The van der Waals surface area contributed by atoms with Crippen molar-refractivity contribution in [1.29, 1.82) is 0 Å². The molecule has 1 aliphatic carbocycles. The fraction of sp³-hybridized carbons (Fsp3) is 0.692. The Labute approximate surface area is 132 Å². The van der Waals surface area contributed by atoms with Crippen LogP contribution in [-0.4, -0.2) is 25.7 Å². The first-order valence-corrected chi connectivity index (χ1v) is 9.79. The number of nitrogens with one attached hydrogen (secondary N) is 1. The van der Waals surface area contributed by atoms with Gasteiger partial charge in [0.25, 0.3) is 0 Å². The highest BCUT2D eigenvalue weighted by molar-refractivity contribution is 9.11. The highest BCUT2D eigenvalue weighted by Crippen LogP contribution is 2.33. The maximum absolute atomic E-state index is 12.2. The van der Waals surface area contributed by atoms with Crippen LogP contribution in [-0.2, 0) is 10.0 Å². The van der Waals surface area contributed by atoms with Gasteiger partial charge in [-0.25, -0.2) is 13.1 Å². The standard InChI is InChI=1S/C13H20BrNO3S2/c1-9-4-3-5-13(16,7-9)8-15-20(17,18)11-6-10(2)12(14)19-11/h6,9,15-16H,3-5,7-8H2,1-2H3. The lowest BCUT2D eigenvalue weighted by atomic mass is 9.79. The van der Waals surface area contributed by atoms with E-state index in [1.54, 1.807) is 6.07 Å². The van der Waals surface area contributed by atoms with E-state index in [1.165, 1.54) is 11.3 Å². The molecule has 0 amide bonds. The Kier molecular flexibility index (Phi) is 4.96. The van der Waals surface area contributed by atoms with Crippen LogP contribution in [0.15, 0.2) is 14.1 Å². The summed E-state index contributed by atoms with van der Waals surface area (Å²) in [5.74, 6) is 0.441. The molecule has 0 aliphatic heterocycles. The molecule has 0 bridgehead atoms. The molecular formula is C13H20BrNO3S2. The summed E-state index contributed by atoms with van der Waals surface area (Å²) in [6.45, 7) is 4.04. The van der Waals surface area contributed by atoms with Crippen molar-refractivity contribution in [2.75, 3.05) is 6.54 Å². The molecule has 7 heteroatoms. The second-order valence-electron chi connectivity index (χ2n) is 5.77. The zero-order valence-corrected chi connectivity index (χ0v) is 14.9. The van der Waals surface area contributed by atoms with Crippen LogP contribution in [0, 0.1) is 12.8 Å². The molecule has 1 heterocycles. The molecule has 1 aromatic heterocycles. The van der Waals surface area contributed by atoms with Gasteiger partial charge < -0.3 is 5.11 Å². The number of hydrogen-bond acceptors (Lipinski definition) is 4. The van der Waals surface area contributed by atoms with E-state index in [4.69, 9.17) is 0 Å². The van der Waals surface area contributed by atoms with E-state index in [-0.39, 0.29) is 10.8 Å². The van der Waals surface area contributed by atoms with Crippen LogP contribution in [0.4, 0.5) is 0 Å². The van der Waals surface area contributed by atoms with Crippen molar-refractivity contribution in [3.05, 3.63) is 15.4 Å². The van der Waals surface area contributed by atoms with Gasteiger partial charge in [-0.15, -0.1) is 11.3 Å². The molecule has 0 saturated heterocycles. The number of aryl methyl sites for hydroxylation is 1. The second-order valence-corrected chi connectivity index (χ2v) is 10.1. The molecule has 4 nitrogen and oxygen atoms in total. The van der Waals surface area contributed by atoms with E-state index in [1.807, 2.05) is 6.92 Å². The first kappa shape index (κ1) is 16.4. The predicted molar refractivity (Wildman–Crippen MR) is 84.5 cm³/mol. The van der Waals surface area contributed by atoms with E-state index in [9.17, 15) is 13.5 Å². The Morgan fingerprint density at radius 2 is 2.30 bits per heavy atom. The zero-order chi connectivity index (χ0) is 15.0. The minimum absolute atomic E-state index is 0.0915. The van der Waals surface area contributed by atoms with Gasteiger partial charge in [0.1, 0.15) is 4.21 Å². The summed E-state index contributed by atoms with van der Waals surface area (Å²) in [6, 6.07) is 1.64. The lowest BCUT2D eigenvalue weighted by Crippen LogP contribution is -2.45. The van der Waals surface area contributed by atoms with Gasteiger partial charge in [-0.1, -0.05) is 19.8 Å². The van der Waals surface area contributed by atoms with Crippen LogP contribution in [0.2, 0.25) is 0 Å². The number of hydrogen-bond donors (Lipinski definition) is 2. The number of aliphatic hydroxyl groups is 1. The third-order valence-corrected chi connectivity index (χ3v) is 7.77. The molecule has 20 heavy (non-hydrogen) atoms. The quantitative estimate of drug-likeness (QED) is 0.841. The van der Waals surface area contributed by atoms with Crippen molar-refractivity contribution in [3.8, 4) is 0 Å². The summed E-state index contributed by atoms with van der Waals surface area (Å²) >= 11 is 4.52. The molecule has 0 radical (unpaired) electrons. The minimum Gasteiger partial charge on any atom is -0.389 e. The number of halogens is 1. The Morgan fingerprint density at radius 3 is 2.85 bits per heavy atom. The molecule has 1 aliphatic rings. The maximum Gasteiger partial charge on any atom is 0.250 e. The average molecular weight is 382 g/mol. The van der Waals surface area contributed by atoms with Gasteiger partial charge in [0.2, 0.25) is 10.0 Å². The van der Waals surface area contributed by atoms with Crippen LogP contribution in [0.1, 0.15) is 38.2 Å². The number of thiophene rings is 1. The van der Waals surface area contributed by atoms with Gasteiger partial charge in [0.05, 0.1) is 9.39 Å². The summed E-state index contributed by atoms with van der Waals surface area (Å²) in [4.78, 5) is 0. The van der Waals surface area contributed by atoms with Gasteiger partial charge in [0, 0.05) is 6.54 Å². The molecule has 1 saturated carbocycles. The Morgan fingerprint density at radius 1 is 1.60 bits per heavy atom. The molecule has 0 aromatic carbocycles. The largest absolute Gasteiger partial charge is 0.389 e. The first-order chi connectivity index (χ1) is 9.22. The second kappa shape index (κ2) is 6.04. The van der Waals surface area contributed by atoms with Crippen molar-refractivity contribution in [3.63, 3.8) is 0 Å². The summed E-state index contributed by atoms with van der Waals surface area (Å²) < 4.78 is 28.1.